The molecule has 0 unspecified atom stereocenters. The van der Waals surface area contributed by atoms with Crippen LogP contribution in [0.2, 0.25) is 0 Å². The molecule has 0 fully saturated rings. The molecule has 8 heteroatoms. The predicted octanol–water partition coefficient (Wildman–Crippen LogP) is 2.77. The van der Waals surface area contributed by atoms with Crippen molar-refractivity contribution in [3.8, 4) is 0 Å². The number of rotatable bonds is 5. The molecule has 0 amide bonds. The first-order valence-corrected chi connectivity index (χ1v) is 11.1. The number of hydrogen-bond donors (Lipinski definition) is 0. The Morgan fingerprint density at radius 1 is 1.22 bits per heavy atom. The van der Waals surface area contributed by atoms with Gasteiger partial charge in [-0.3, -0.25) is 9.36 Å². The summed E-state index contributed by atoms with van der Waals surface area (Å²) in [6, 6.07) is 10.9. The molecule has 7 nitrogen and oxygen atoms in total. The molecular weight excluding hydrogens is 426 g/mol. The van der Waals surface area contributed by atoms with Gasteiger partial charge < -0.3 is 14.1 Å². The van der Waals surface area contributed by atoms with Gasteiger partial charge in [-0.25, -0.2) is 9.79 Å². The van der Waals surface area contributed by atoms with E-state index in [1.807, 2.05) is 62.3 Å². The molecule has 3 heterocycles. The highest BCUT2D eigenvalue weighted by atomic mass is 32.1. The Bertz CT molecular complexity index is 1370. The Balaban J connectivity index is 1.92. The largest absolute Gasteiger partial charge is 0.463 e. The molecular formula is C24H25N3O4S. The summed E-state index contributed by atoms with van der Waals surface area (Å²) in [5.74, 6) is 0.810. The molecule has 0 spiro atoms. The Labute approximate surface area is 189 Å². The average Bonchev–Trinajstić information content (AvgIpc) is 3.33. The zero-order chi connectivity index (χ0) is 23.0. The SMILES string of the molecule is CCOC(=O)C1=C(C)N=c2s/c(=C/c3ccc(N(C)C)o3)c(=O)n2[C@@H]1c1ccc(C)cc1. The van der Waals surface area contributed by atoms with Gasteiger partial charge in [-0.05, 0) is 32.4 Å². The normalized spacial score (nSPS) is 16.0. The van der Waals surface area contributed by atoms with Crippen LogP contribution in [0.15, 0.2) is 61.9 Å². The molecule has 1 aromatic carbocycles. The number of esters is 1. The topological polar surface area (TPSA) is 77.0 Å². The number of nitrogens with zero attached hydrogens (tertiary/aromatic N) is 3. The Hall–Kier alpha value is -3.39. The lowest BCUT2D eigenvalue weighted by molar-refractivity contribution is -0.139. The van der Waals surface area contributed by atoms with Gasteiger partial charge in [0.05, 0.1) is 28.5 Å². The summed E-state index contributed by atoms with van der Waals surface area (Å²) in [7, 11) is 3.77. The summed E-state index contributed by atoms with van der Waals surface area (Å²) in [5.41, 5.74) is 2.62. The van der Waals surface area contributed by atoms with Crippen molar-refractivity contribution < 1.29 is 13.9 Å². The summed E-state index contributed by atoms with van der Waals surface area (Å²) in [4.78, 5) is 33.3. The van der Waals surface area contributed by atoms with E-state index in [0.29, 0.717) is 32.2 Å². The van der Waals surface area contributed by atoms with Crippen molar-refractivity contribution in [1.82, 2.24) is 4.57 Å². The summed E-state index contributed by atoms with van der Waals surface area (Å²) in [5, 5.41) is 0. The van der Waals surface area contributed by atoms with Crippen molar-refractivity contribution in [2.45, 2.75) is 26.8 Å². The molecule has 0 saturated carbocycles. The lowest BCUT2D eigenvalue weighted by atomic mass is 9.95. The summed E-state index contributed by atoms with van der Waals surface area (Å²) < 4.78 is 13.2. The maximum absolute atomic E-state index is 13.5. The van der Waals surface area contributed by atoms with Gasteiger partial charge in [0.25, 0.3) is 5.56 Å². The molecule has 0 N–H and O–H groups in total. The number of anilines is 1. The number of fused-ring (bicyclic) bond motifs is 1. The standard InChI is InChI=1S/C24H25N3O4S/c1-6-30-23(29)20-15(3)25-24-27(21(20)16-9-7-14(2)8-10-16)22(28)18(32-24)13-17-11-12-19(31-17)26(4)5/h7-13,21H,6H2,1-5H3/b18-13+/t21-/m1/s1. The van der Waals surface area contributed by atoms with E-state index in [2.05, 4.69) is 4.99 Å². The first kappa shape index (κ1) is 21.8. The van der Waals surface area contributed by atoms with Crippen molar-refractivity contribution in [3.63, 3.8) is 0 Å². The maximum Gasteiger partial charge on any atom is 0.338 e. The van der Waals surface area contributed by atoms with E-state index >= 15 is 0 Å². The molecule has 3 aromatic rings. The summed E-state index contributed by atoms with van der Waals surface area (Å²) in [6.45, 7) is 5.77. The van der Waals surface area contributed by atoms with Crippen molar-refractivity contribution in [2.75, 3.05) is 25.6 Å². The van der Waals surface area contributed by atoms with Crippen LogP contribution in [0.1, 0.15) is 36.8 Å². The number of allylic oxidation sites excluding steroid dienone is 1. The van der Waals surface area contributed by atoms with Crippen LogP contribution in [0, 0.1) is 6.92 Å². The fourth-order valence-corrected chi connectivity index (χ4v) is 4.67. The number of furan rings is 1. The van der Waals surface area contributed by atoms with Crippen molar-refractivity contribution in [1.29, 1.82) is 0 Å². The minimum atomic E-state index is -0.609. The first-order valence-electron chi connectivity index (χ1n) is 10.3. The molecule has 0 aliphatic carbocycles. The van der Waals surface area contributed by atoms with Crippen LogP contribution in [-0.2, 0) is 9.53 Å². The second kappa shape index (κ2) is 8.63. The highest BCUT2D eigenvalue weighted by molar-refractivity contribution is 7.07. The zero-order valence-corrected chi connectivity index (χ0v) is 19.5. The number of aryl methyl sites for hydroxylation is 1. The fourth-order valence-electron chi connectivity index (χ4n) is 3.65. The third kappa shape index (κ3) is 3.93. The maximum atomic E-state index is 13.5. The van der Waals surface area contributed by atoms with E-state index in [1.165, 1.54) is 11.3 Å². The Kier molecular flexibility index (Phi) is 5.88. The van der Waals surface area contributed by atoms with Crippen LogP contribution in [0.5, 0.6) is 0 Å². The number of benzene rings is 1. The van der Waals surface area contributed by atoms with Gasteiger partial charge in [0.2, 0.25) is 0 Å². The van der Waals surface area contributed by atoms with Gasteiger partial charge in [-0.15, -0.1) is 0 Å². The quantitative estimate of drug-likeness (QED) is 0.558. The molecule has 1 aliphatic heterocycles. The second-order valence-corrected chi connectivity index (χ2v) is 8.79. The molecule has 0 saturated heterocycles. The molecule has 0 bridgehead atoms. The van der Waals surface area contributed by atoms with Crippen molar-refractivity contribution in [2.24, 2.45) is 4.99 Å². The predicted molar refractivity (Wildman–Crippen MR) is 125 cm³/mol. The molecule has 0 radical (unpaired) electrons. The second-order valence-electron chi connectivity index (χ2n) is 7.78. The minimum absolute atomic E-state index is 0.226. The van der Waals surface area contributed by atoms with E-state index in [0.717, 1.165) is 11.1 Å². The van der Waals surface area contributed by atoms with Crippen LogP contribution < -0.4 is 19.8 Å². The van der Waals surface area contributed by atoms with Gasteiger partial charge in [0.15, 0.2) is 10.7 Å². The van der Waals surface area contributed by atoms with Gasteiger partial charge in [-0.2, -0.15) is 0 Å². The van der Waals surface area contributed by atoms with Gasteiger partial charge in [0, 0.05) is 26.2 Å². The lowest BCUT2D eigenvalue weighted by Crippen LogP contribution is -2.39. The van der Waals surface area contributed by atoms with E-state index in [9.17, 15) is 9.59 Å². The van der Waals surface area contributed by atoms with Crippen molar-refractivity contribution in [3.05, 3.63) is 84.2 Å². The highest BCUT2D eigenvalue weighted by Crippen LogP contribution is 2.30. The number of ether oxygens (including phenoxy) is 1. The van der Waals surface area contributed by atoms with E-state index in [1.54, 1.807) is 24.5 Å². The molecule has 166 valence electrons. The van der Waals surface area contributed by atoms with E-state index in [-0.39, 0.29) is 12.2 Å². The van der Waals surface area contributed by atoms with Gasteiger partial charge in [-0.1, -0.05) is 41.2 Å². The zero-order valence-electron chi connectivity index (χ0n) is 18.7. The smallest absolute Gasteiger partial charge is 0.338 e. The number of thiazole rings is 1. The summed E-state index contributed by atoms with van der Waals surface area (Å²) in [6.07, 6.45) is 1.71. The monoisotopic (exact) mass is 451 g/mol. The number of carbonyl (C=O) groups is 1. The Morgan fingerprint density at radius 3 is 2.56 bits per heavy atom. The van der Waals surface area contributed by atoms with Crippen LogP contribution in [0.3, 0.4) is 0 Å². The third-order valence-electron chi connectivity index (χ3n) is 5.24. The highest BCUT2D eigenvalue weighted by Gasteiger charge is 2.33. The molecule has 1 aliphatic rings. The molecule has 1 atom stereocenters. The van der Waals surface area contributed by atoms with Crippen LogP contribution in [0.4, 0.5) is 5.88 Å². The van der Waals surface area contributed by atoms with Gasteiger partial charge >= 0.3 is 5.97 Å². The third-order valence-corrected chi connectivity index (χ3v) is 6.22. The fraction of sp³-hybridized carbons (Fsp3) is 0.292. The van der Waals surface area contributed by atoms with Crippen molar-refractivity contribution >= 4 is 29.3 Å². The van der Waals surface area contributed by atoms with Crippen LogP contribution >= 0.6 is 11.3 Å². The van der Waals surface area contributed by atoms with E-state index < -0.39 is 12.0 Å². The number of hydrogen-bond acceptors (Lipinski definition) is 7. The average molecular weight is 452 g/mol. The minimum Gasteiger partial charge on any atom is -0.463 e. The van der Waals surface area contributed by atoms with Crippen LogP contribution in [0.25, 0.3) is 6.08 Å². The number of carbonyl (C=O) groups excluding carboxylic acids is 1. The lowest BCUT2D eigenvalue weighted by Gasteiger charge is -2.24. The summed E-state index contributed by atoms with van der Waals surface area (Å²) >= 11 is 1.28. The first-order chi connectivity index (χ1) is 15.3. The van der Waals surface area contributed by atoms with Crippen LogP contribution in [-0.4, -0.2) is 31.2 Å². The molecule has 4 rings (SSSR count). The van der Waals surface area contributed by atoms with E-state index in [4.69, 9.17) is 9.15 Å². The molecule has 32 heavy (non-hydrogen) atoms. The van der Waals surface area contributed by atoms with Gasteiger partial charge in [0.1, 0.15) is 5.76 Å². The molecule has 2 aromatic heterocycles. The Morgan fingerprint density at radius 2 is 1.94 bits per heavy atom. The number of aromatic nitrogens is 1.